The molecular formula is C26H36N2. The summed E-state index contributed by atoms with van der Waals surface area (Å²) in [6.07, 6.45) is 14.1. The molecular weight excluding hydrogens is 340 g/mol. The predicted octanol–water partition coefficient (Wildman–Crippen LogP) is 7.35. The molecule has 150 valence electrons. The fraction of sp³-hybridized carbons (Fsp3) is 0.462. The van der Waals surface area contributed by atoms with Crippen LogP contribution in [-0.4, -0.2) is 25.5 Å². The number of benzene rings is 2. The summed E-state index contributed by atoms with van der Waals surface area (Å²) < 4.78 is 0. The van der Waals surface area contributed by atoms with E-state index in [1.807, 2.05) is 12.4 Å². The summed E-state index contributed by atoms with van der Waals surface area (Å²) >= 11 is 0. The molecule has 0 amide bonds. The van der Waals surface area contributed by atoms with Crippen LogP contribution in [0.5, 0.6) is 0 Å². The van der Waals surface area contributed by atoms with Gasteiger partial charge in [0.05, 0.1) is 0 Å². The van der Waals surface area contributed by atoms with Crippen molar-refractivity contribution in [2.75, 3.05) is 13.1 Å². The third-order valence-corrected chi connectivity index (χ3v) is 4.92. The van der Waals surface area contributed by atoms with E-state index in [-0.39, 0.29) is 0 Å². The van der Waals surface area contributed by atoms with Crippen LogP contribution in [0.2, 0.25) is 0 Å². The predicted molar refractivity (Wildman–Crippen MR) is 125 cm³/mol. The molecule has 2 nitrogen and oxygen atoms in total. The van der Waals surface area contributed by atoms with Crippen molar-refractivity contribution >= 4 is 12.4 Å². The molecule has 0 saturated heterocycles. The second-order valence-corrected chi connectivity index (χ2v) is 7.44. The second-order valence-electron chi connectivity index (χ2n) is 7.44. The van der Waals surface area contributed by atoms with E-state index in [0.717, 1.165) is 13.1 Å². The first-order valence-corrected chi connectivity index (χ1v) is 11.0. The smallest absolute Gasteiger partial charge is 0.0389 e. The van der Waals surface area contributed by atoms with E-state index in [9.17, 15) is 0 Å². The normalized spacial score (nSPS) is 11.6. The van der Waals surface area contributed by atoms with Gasteiger partial charge in [-0.15, -0.1) is 0 Å². The zero-order valence-corrected chi connectivity index (χ0v) is 17.7. The molecule has 0 bridgehead atoms. The molecule has 0 spiro atoms. The van der Waals surface area contributed by atoms with E-state index in [1.165, 1.54) is 73.6 Å². The van der Waals surface area contributed by atoms with Gasteiger partial charge in [-0.05, 0) is 35.1 Å². The summed E-state index contributed by atoms with van der Waals surface area (Å²) in [7, 11) is 0. The summed E-state index contributed by atoms with van der Waals surface area (Å²) in [6, 6.07) is 17.3. The molecule has 0 atom stereocenters. The maximum absolute atomic E-state index is 4.54. The monoisotopic (exact) mass is 376 g/mol. The minimum Gasteiger partial charge on any atom is -0.293 e. The first-order valence-electron chi connectivity index (χ1n) is 11.0. The van der Waals surface area contributed by atoms with Crippen molar-refractivity contribution in [1.29, 1.82) is 0 Å². The minimum atomic E-state index is 0.934. The highest BCUT2D eigenvalue weighted by atomic mass is 14.7. The van der Waals surface area contributed by atoms with Crippen molar-refractivity contribution in [2.24, 2.45) is 9.98 Å². The van der Waals surface area contributed by atoms with Crippen molar-refractivity contribution in [3.63, 3.8) is 0 Å². The van der Waals surface area contributed by atoms with Gasteiger partial charge in [0.2, 0.25) is 0 Å². The Bertz CT molecular complexity index is 633. The quantitative estimate of drug-likeness (QED) is 0.258. The Labute approximate surface area is 171 Å². The lowest BCUT2D eigenvalue weighted by molar-refractivity contribution is 0.676. The van der Waals surface area contributed by atoms with E-state index in [4.69, 9.17) is 0 Å². The van der Waals surface area contributed by atoms with Crippen LogP contribution in [0.25, 0.3) is 11.1 Å². The molecule has 0 saturated carbocycles. The first kappa shape index (κ1) is 22.1. The number of hydrogen-bond donors (Lipinski definition) is 0. The number of hydrogen-bond acceptors (Lipinski definition) is 2. The SMILES string of the molecule is CCCCCCN=Cc1ccc(-c2ccc(C=NCCCCCC)cc2)cc1. The van der Waals surface area contributed by atoms with Gasteiger partial charge < -0.3 is 0 Å². The van der Waals surface area contributed by atoms with Crippen molar-refractivity contribution < 1.29 is 0 Å². The Hall–Kier alpha value is -2.22. The molecule has 0 aliphatic heterocycles. The molecule has 0 aromatic heterocycles. The molecule has 0 aliphatic rings. The average Bonchev–Trinajstić information content (AvgIpc) is 2.74. The number of unbranched alkanes of at least 4 members (excludes halogenated alkanes) is 6. The average molecular weight is 377 g/mol. The Morgan fingerprint density at radius 1 is 0.536 bits per heavy atom. The lowest BCUT2D eigenvalue weighted by Crippen LogP contribution is -1.87. The molecule has 0 aliphatic carbocycles. The van der Waals surface area contributed by atoms with Crippen LogP contribution in [0.3, 0.4) is 0 Å². The van der Waals surface area contributed by atoms with Gasteiger partial charge in [0.1, 0.15) is 0 Å². The Kier molecular flexibility index (Phi) is 10.9. The molecule has 0 unspecified atom stereocenters. The molecule has 0 heterocycles. The van der Waals surface area contributed by atoms with Crippen LogP contribution >= 0.6 is 0 Å². The molecule has 0 radical (unpaired) electrons. The van der Waals surface area contributed by atoms with Crippen LogP contribution < -0.4 is 0 Å². The Morgan fingerprint density at radius 2 is 0.929 bits per heavy atom. The molecule has 0 fully saturated rings. The maximum atomic E-state index is 4.54. The Morgan fingerprint density at radius 3 is 1.29 bits per heavy atom. The van der Waals surface area contributed by atoms with Gasteiger partial charge in [-0.1, -0.05) is 101 Å². The highest BCUT2D eigenvalue weighted by Gasteiger charge is 1.98. The van der Waals surface area contributed by atoms with Gasteiger partial charge in [0, 0.05) is 25.5 Å². The summed E-state index contributed by atoms with van der Waals surface area (Å²) in [4.78, 5) is 9.08. The molecule has 2 heteroatoms. The summed E-state index contributed by atoms with van der Waals surface area (Å²) in [5, 5.41) is 0. The van der Waals surface area contributed by atoms with Gasteiger partial charge in [-0.25, -0.2) is 0 Å². The van der Waals surface area contributed by atoms with Crippen molar-refractivity contribution in [3.8, 4) is 11.1 Å². The minimum absolute atomic E-state index is 0.934. The summed E-state index contributed by atoms with van der Waals surface area (Å²) in [6.45, 7) is 6.34. The van der Waals surface area contributed by atoms with E-state index in [0.29, 0.717) is 0 Å². The van der Waals surface area contributed by atoms with Crippen molar-refractivity contribution in [1.82, 2.24) is 0 Å². The standard InChI is InChI=1S/C26H36N2/c1-3-5-7-9-19-27-21-23-11-15-25(16-12-23)26-17-13-24(14-18-26)22-28-20-10-8-6-4-2/h11-18,21-22H,3-10,19-20H2,1-2H3. The van der Waals surface area contributed by atoms with Crippen LogP contribution in [0.1, 0.15) is 76.3 Å². The highest BCUT2D eigenvalue weighted by molar-refractivity contribution is 5.82. The van der Waals surface area contributed by atoms with Gasteiger partial charge >= 0.3 is 0 Å². The van der Waals surface area contributed by atoms with Crippen molar-refractivity contribution in [2.45, 2.75) is 65.2 Å². The zero-order chi connectivity index (χ0) is 19.9. The number of rotatable bonds is 13. The van der Waals surface area contributed by atoms with Crippen LogP contribution in [0.15, 0.2) is 58.5 Å². The van der Waals surface area contributed by atoms with Crippen LogP contribution in [0, 0.1) is 0 Å². The van der Waals surface area contributed by atoms with Crippen molar-refractivity contribution in [3.05, 3.63) is 59.7 Å². The van der Waals surface area contributed by atoms with E-state index in [2.05, 4.69) is 72.4 Å². The van der Waals surface area contributed by atoms with Gasteiger partial charge in [-0.2, -0.15) is 0 Å². The zero-order valence-electron chi connectivity index (χ0n) is 17.7. The lowest BCUT2D eigenvalue weighted by Gasteiger charge is -2.03. The molecule has 2 rings (SSSR count). The van der Waals surface area contributed by atoms with Gasteiger partial charge in [-0.3, -0.25) is 9.98 Å². The fourth-order valence-electron chi connectivity index (χ4n) is 3.12. The first-order chi connectivity index (χ1) is 13.8. The topological polar surface area (TPSA) is 24.7 Å². The second kappa shape index (κ2) is 13.9. The third kappa shape index (κ3) is 8.65. The maximum Gasteiger partial charge on any atom is 0.0389 e. The van der Waals surface area contributed by atoms with E-state index < -0.39 is 0 Å². The van der Waals surface area contributed by atoms with E-state index >= 15 is 0 Å². The van der Waals surface area contributed by atoms with E-state index in [1.54, 1.807) is 0 Å². The molecule has 0 N–H and O–H groups in total. The number of nitrogens with zero attached hydrogens (tertiary/aromatic N) is 2. The third-order valence-electron chi connectivity index (χ3n) is 4.92. The summed E-state index contributed by atoms with van der Waals surface area (Å²) in [5.41, 5.74) is 4.82. The summed E-state index contributed by atoms with van der Waals surface area (Å²) in [5.74, 6) is 0. The molecule has 2 aromatic rings. The number of aliphatic imine (C=N–C) groups is 2. The van der Waals surface area contributed by atoms with Gasteiger partial charge in [0.25, 0.3) is 0 Å². The van der Waals surface area contributed by atoms with Gasteiger partial charge in [0.15, 0.2) is 0 Å². The fourth-order valence-corrected chi connectivity index (χ4v) is 3.12. The van der Waals surface area contributed by atoms with Crippen LogP contribution in [0.4, 0.5) is 0 Å². The largest absolute Gasteiger partial charge is 0.293 e. The molecule has 28 heavy (non-hydrogen) atoms. The highest BCUT2D eigenvalue weighted by Crippen LogP contribution is 2.20. The van der Waals surface area contributed by atoms with Crippen LogP contribution in [-0.2, 0) is 0 Å². The molecule has 2 aromatic carbocycles. The lowest BCUT2D eigenvalue weighted by atomic mass is 10.0. The Balaban J connectivity index is 1.81.